The van der Waals surface area contributed by atoms with Gasteiger partial charge in [-0.3, -0.25) is 4.79 Å². The Hall–Kier alpha value is -2.56. The van der Waals surface area contributed by atoms with Crippen molar-refractivity contribution in [1.82, 2.24) is 5.32 Å². The van der Waals surface area contributed by atoms with Gasteiger partial charge in [0.15, 0.2) is 0 Å². The van der Waals surface area contributed by atoms with Crippen molar-refractivity contribution in [1.29, 1.82) is 0 Å². The van der Waals surface area contributed by atoms with Crippen molar-refractivity contribution in [2.45, 2.75) is 13.3 Å². The second-order valence-corrected chi connectivity index (χ2v) is 5.06. The molecule has 2 amide bonds. The fourth-order valence-electron chi connectivity index (χ4n) is 2.14. The molecular weight excluding hydrogens is 268 g/mol. The van der Waals surface area contributed by atoms with Crippen LogP contribution < -0.4 is 10.6 Å². The Morgan fingerprint density at radius 2 is 1.86 bits per heavy atom. The molecule has 0 aliphatic carbocycles. The molecule has 0 fully saturated rings. The summed E-state index contributed by atoms with van der Waals surface area (Å²) in [7, 11) is 0. The van der Waals surface area contributed by atoms with E-state index in [-0.39, 0.29) is 18.4 Å². The SMILES string of the molecule is CC(CNC(=O)Nc1cccc2ccccc12)CC(=O)O. The molecule has 0 bridgehead atoms. The van der Waals surface area contributed by atoms with Crippen LogP contribution in [0.5, 0.6) is 0 Å². The molecule has 1 unspecified atom stereocenters. The van der Waals surface area contributed by atoms with Gasteiger partial charge in [0.1, 0.15) is 0 Å². The van der Waals surface area contributed by atoms with E-state index in [1.54, 1.807) is 6.92 Å². The molecule has 3 N–H and O–H groups in total. The Morgan fingerprint density at radius 3 is 2.62 bits per heavy atom. The lowest BCUT2D eigenvalue weighted by molar-refractivity contribution is -0.137. The first kappa shape index (κ1) is 14.8. The molecule has 21 heavy (non-hydrogen) atoms. The summed E-state index contributed by atoms with van der Waals surface area (Å²) in [5.74, 6) is -0.973. The number of carboxylic acids is 1. The summed E-state index contributed by atoms with van der Waals surface area (Å²) < 4.78 is 0. The van der Waals surface area contributed by atoms with E-state index < -0.39 is 5.97 Å². The Bertz CT molecular complexity index is 650. The number of urea groups is 1. The van der Waals surface area contributed by atoms with Crippen LogP contribution in [0.3, 0.4) is 0 Å². The van der Waals surface area contributed by atoms with Crippen molar-refractivity contribution in [2.75, 3.05) is 11.9 Å². The number of aliphatic carboxylic acids is 1. The molecule has 110 valence electrons. The van der Waals surface area contributed by atoms with E-state index in [0.717, 1.165) is 16.5 Å². The molecule has 0 aromatic heterocycles. The van der Waals surface area contributed by atoms with Crippen LogP contribution in [0.15, 0.2) is 42.5 Å². The van der Waals surface area contributed by atoms with E-state index in [0.29, 0.717) is 6.54 Å². The highest BCUT2D eigenvalue weighted by atomic mass is 16.4. The molecule has 2 rings (SSSR count). The van der Waals surface area contributed by atoms with Gasteiger partial charge in [-0.05, 0) is 17.4 Å². The molecule has 5 nitrogen and oxygen atoms in total. The van der Waals surface area contributed by atoms with E-state index >= 15 is 0 Å². The number of carboxylic acid groups (broad SMARTS) is 1. The van der Waals surface area contributed by atoms with E-state index in [9.17, 15) is 9.59 Å². The number of benzene rings is 2. The van der Waals surface area contributed by atoms with Crippen molar-refractivity contribution >= 4 is 28.5 Å². The summed E-state index contributed by atoms with van der Waals surface area (Å²) in [6.45, 7) is 2.11. The highest BCUT2D eigenvalue weighted by Gasteiger charge is 2.10. The number of hydrogen-bond donors (Lipinski definition) is 3. The maximum atomic E-state index is 11.9. The molecule has 0 aliphatic heterocycles. The number of hydrogen-bond acceptors (Lipinski definition) is 2. The largest absolute Gasteiger partial charge is 0.481 e. The third-order valence-electron chi connectivity index (χ3n) is 3.17. The zero-order valence-electron chi connectivity index (χ0n) is 11.8. The van der Waals surface area contributed by atoms with Crippen molar-refractivity contribution < 1.29 is 14.7 Å². The van der Waals surface area contributed by atoms with Crippen LogP contribution in [0.4, 0.5) is 10.5 Å². The highest BCUT2D eigenvalue weighted by Crippen LogP contribution is 2.22. The number of nitrogens with one attached hydrogen (secondary N) is 2. The predicted octanol–water partition coefficient (Wildman–Crippen LogP) is 3.07. The van der Waals surface area contributed by atoms with Gasteiger partial charge < -0.3 is 15.7 Å². The number of rotatable bonds is 5. The lowest BCUT2D eigenvalue weighted by atomic mass is 10.1. The lowest BCUT2D eigenvalue weighted by Gasteiger charge is -2.12. The first-order valence-electron chi connectivity index (χ1n) is 6.80. The lowest BCUT2D eigenvalue weighted by Crippen LogP contribution is -2.33. The summed E-state index contributed by atoms with van der Waals surface area (Å²) in [5, 5.41) is 16.2. The summed E-state index contributed by atoms with van der Waals surface area (Å²) >= 11 is 0. The minimum Gasteiger partial charge on any atom is -0.481 e. The van der Waals surface area contributed by atoms with E-state index in [4.69, 9.17) is 5.11 Å². The second-order valence-electron chi connectivity index (χ2n) is 5.06. The molecule has 5 heteroatoms. The number of carbonyl (C=O) groups excluding carboxylic acids is 1. The van der Waals surface area contributed by atoms with Gasteiger partial charge in [0.2, 0.25) is 0 Å². The normalized spacial score (nSPS) is 11.9. The topological polar surface area (TPSA) is 78.4 Å². The minimum absolute atomic E-state index is 0.0363. The molecule has 0 radical (unpaired) electrons. The first-order valence-corrected chi connectivity index (χ1v) is 6.80. The first-order chi connectivity index (χ1) is 10.1. The Kier molecular flexibility index (Phi) is 4.77. The van der Waals surface area contributed by atoms with Gasteiger partial charge in [-0.25, -0.2) is 4.79 Å². The van der Waals surface area contributed by atoms with Crippen LogP contribution in [0.1, 0.15) is 13.3 Å². The van der Waals surface area contributed by atoms with Crippen LogP contribution in [0.2, 0.25) is 0 Å². The zero-order chi connectivity index (χ0) is 15.2. The highest BCUT2D eigenvalue weighted by molar-refractivity contribution is 6.01. The van der Waals surface area contributed by atoms with E-state index in [2.05, 4.69) is 10.6 Å². The maximum absolute atomic E-state index is 11.9. The average molecular weight is 286 g/mol. The number of fused-ring (bicyclic) bond motifs is 1. The van der Waals surface area contributed by atoms with Crippen molar-refractivity contribution in [3.8, 4) is 0 Å². The van der Waals surface area contributed by atoms with Crippen LogP contribution >= 0.6 is 0 Å². The third-order valence-corrected chi connectivity index (χ3v) is 3.17. The van der Waals surface area contributed by atoms with Crippen LogP contribution in [-0.2, 0) is 4.79 Å². The fourth-order valence-corrected chi connectivity index (χ4v) is 2.14. The zero-order valence-corrected chi connectivity index (χ0v) is 11.8. The molecular formula is C16H18N2O3. The summed E-state index contributed by atoms with van der Waals surface area (Å²) in [6, 6.07) is 13.1. The van der Waals surface area contributed by atoms with Gasteiger partial charge in [-0.1, -0.05) is 43.3 Å². The van der Waals surface area contributed by atoms with Crippen molar-refractivity contribution in [2.24, 2.45) is 5.92 Å². The standard InChI is InChI=1S/C16H18N2O3/c1-11(9-15(19)20)10-17-16(21)18-14-8-4-6-12-5-2-3-7-13(12)14/h2-8,11H,9-10H2,1H3,(H,19,20)(H2,17,18,21). The molecule has 2 aromatic rings. The van der Waals surface area contributed by atoms with Gasteiger partial charge in [0.05, 0.1) is 5.69 Å². The molecule has 1 atom stereocenters. The van der Waals surface area contributed by atoms with E-state index in [1.807, 2.05) is 42.5 Å². The van der Waals surface area contributed by atoms with Gasteiger partial charge in [0, 0.05) is 18.4 Å². The summed E-state index contributed by atoms with van der Waals surface area (Å²) in [4.78, 5) is 22.4. The number of anilines is 1. The molecule has 0 aliphatic rings. The molecule has 2 aromatic carbocycles. The maximum Gasteiger partial charge on any atom is 0.319 e. The molecule has 0 saturated heterocycles. The molecule has 0 spiro atoms. The predicted molar refractivity (Wildman–Crippen MR) is 82.4 cm³/mol. The number of amides is 2. The van der Waals surface area contributed by atoms with E-state index in [1.165, 1.54) is 0 Å². The third kappa shape index (κ3) is 4.21. The van der Waals surface area contributed by atoms with Gasteiger partial charge >= 0.3 is 12.0 Å². The van der Waals surface area contributed by atoms with Crippen LogP contribution in [0.25, 0.3) is 10.8 Å². The minimum atomic E-state index is -0.862. The number of carbonyl (C=O) groups is 2. The molecule has 0 heterocycles. The average Bonchev–Trinajstić information content (AvgIpc) is 2.45. The van der Waals surface area contributed by atoms with Gasteiger partial charge in [-0.15, -0.1) is 0 Å². The second kappa shape index (κ2) is 6.74. The summed E-state index contributed by atoms with van der Waals surface area (Å²) in [6.07, 6.45) is 0.0363. The quantitative estimate of drug-likeness (QED) is 0.790. The van der Waals surface area contributed by atoms with Crippen LogP contribution in [0, 0.1) is 5.92 Å². The van der Waals surface area contributed by atoms with Gasteiger partial charge in [0.25, 0.3) is 0 Å². The van der Waals surface area contributed by atoms with Crippen molar-refractivity contribution in [3.63, 3.8) is 0 Å². The van der Waals surface area contributed by atoms with Crippen molar-refractivity contribution in [3.05, 3.63) is 42.5 Å². The molecule has 0 saturated carbocycles. The van der Waals surface area contributed by atoms with Gasteiger partial charge in [-0.2, -0.15) is 0 Å². The Morgan fingerprint density at radius 1 is 1.14 bits per heavy atom. The van der Waals surface area contributed by atoms with Crippen LogP contribution in [-0.4, -0.2) is 23.7 Å². The smallest absolute Gasteiger partial charge is 0.319 e. The Labute approximate surface area is 123 Å². The summed E-state index contributed by atoms with van der Waals surface area (Å²) in [5.41, 5.74) is 0.733. The fraction of sp³-hybridized carbons (Fsp3) is 0.250. The monoisotopic (exact) mass is 286 g/mol. The Balaban J connectivity index is 1.97.